The van der Waals surface area contributed by atoms with E-state index in [-0.39, 0.29) is 11.5 Å². The Morgan fingerprint density at radius 2 is 1.64 bits per heavy atom. The van der Waals surface area contributed by atoms with Crippen LogP contribution >= 0.6 is 0 Å². The van der Waals surface area contributed by atoms with Gasteiger partial charge in [-0.3, -0.25) is 4.79 Å². The minimum atomic E-state index is -0.200. The summed E-state index contributed by atoms with van der Waals surface area (Å²) >= 11 is 0. The molecule has 0 amide bonds. The Morgan fingerprint density at radius 3 is 2.28 bits per heavy atom. The fourth-order valence-corrected chi connectivity index (χ4v) is 2.67. The van der Waals surface area contributed by atoms with Crippen molar-refractivity contribution in [1.82, 2.24) is 0 Å². The van der Waals surface area contributed by atoms with Crippen molar-refractivity contribution in [2.45, 2.75) is 0 Å². The molecule has 0 aliphatic carbocycles. The quantitative estimate of drug-likeness (QED) is 0.777. The van der Waals surface area contributed by atoms with Crippen LogP contribution in [-0.4, -0.2) is 34.2 Å². The van der Waals surface area contributed by atoms with Crippen LogP contribution in [0.15, 0.2) is 36.1 Å². The van der Waals surface area contributed by atoms with Crippen LogP contribution in [0.25, 0.3) is 6.08 Å². The van der Waals surface area contributed by atoms with Gasteiger partial charge in [-0.1, -0.05) is 0 Å². The molecule has 0 N–H and O–H groups in total. The van der Waals surface area contributed by atoms with Gasteiger partial charge in [0.2, 0.25) is 11.5 Å². The zero-order chi connectivity index (χ0) is 18.0. The first kappa shape index (κ1) is 16.7. The number of ether oxygens (including phenoxy) is 5. The second kappa shape index (κ2) is 6.76. The number of allylic oxidation sites excluding steroid dienone is 1. The Morgan fingerprint density at radius 1 is 0.880 bits per heavy atom. The van der Waals surface area contributed by atoms with Gasteiger partial charge in [0.15, 0.2) is 17.3 Å². The summed E-state index contributed by atoms with van der Waals surface area (Å²) in [6.45, 7) is 0. The van der Waals surface area contributed by atoms with E-state index in [0.717, 1.165) is 0 Å². The molecule has 0 aromatic heterocycles. The molecule has 0 fully saturated rings. The second-order valence-electron chi connectivity index (χ2n) is 5.23. The van der Waals surface area contributed by atoms with Gasteiger partial charge in [-0.25, -0.2) is 0 Å². The minimum absolute atomic E-state index is 0.200. The maximum absolute atomic E-state index is 12.5. The number of hydrogen-bond donors (Lipinski definition) is 0. The highest BCUT2D eigenvalue weighted by Gasteiger charge is 2.28. The van der Waals surface area contributed by atoms with E-state index in [9.17, 15) is 4.79 Å². The molecule has 2 aromatic rings. The van der Waals surface area contributed by atoms with Gasteiger partial charge < -0.3 is 23.7 Å². The van der Waals surface area contributed by atoms with Gasteiger partial charge in [0.1, 0.15) is 11.5 Å². The number of benzene rings is 2. The monoisotopic (exact) mass is 342 g/mol. The lowest BCUT2D eigenvalue weighted by Gasteiger charge is -2.14. The fraction of sp³-hybridized carbons (Fsp3) is 0.211. The van der Waals surface area contributed by atoms with Crippen LogP contribution in [0, 0.1) is 0 Å². The number of rotatable bonds is 5. The van der Waals surface area contributed by atoms with Crippen LogP contribution < -0.4 is 23.7 Å². The highest BCUT2D eigenvalue weighted by atomic mass is 16.5. The summed E-state index contributed by atoms with van der Waals surface area (Å²) in [5, 5.41) is 0. The minimum Gasteiger partial charge on any atom is -0.497 e. The van der Waals surface area contributed by atoms with Crippen LogP contribution in [0.2, 0.25) is 0 Å². The molecule has 0 bridgehead atoms. The highest BCUT2D eigenvalue weighted by Crippen LogP contribution is 2.42. The summed E-state index contributed by atoms with van der Waals surface area (Å²) in [5.41, 5.74) is 1.13. The summed E-state index contributed by atoms with van der Waals surface area (Å²) in [6, 6.07) is 8.60. The van der Waals surface area contributed by atoms with Crippen LogP contribution in [0.5, 0.6) is 28.7 Å². The van der Waals surface area contributed by atoms with Crippen LogP contribution in [0.3, 0.4) is 0 Å². The number of carbonyl (C=O) groups is 1. The predicted molar refractivity (Wildman–Crippen MR) is 92.0 cm³/mol. The Kier molecular flexibility index (Phi) is 4.52. The Bertz CT molecular complexity index is 853. The van der Waals surface area contributed by atoms with E-state index in [1.807, 2.05) is 0 Å². The average Bonchev–Trinajstić information content (AvgIpc) is 2.95. The molecule has 0 atom stereocenters. The largest absolute Gasteiger partial charge is 0.497 e. The van der Waals surface area contributed by atoms with Crippen molar-refractivity contribution in [2.75, 3.05) is 28.4 Å². The Balaban J connectivity index is 2.03. The normalized spacial score (nSPS) is 14.1. The van der Waals surface area contributed by atoms with Crippen molar-refractivity contribution in [3.63, 3.8) is 0 Å². The molecule has 0 spiro atoms. The first-order valence-corrected chi connectivity index (χ1v) is 7.54. The summed E-state index contributed by atoms with van der Waals surface area (Å²) < 4.78 is 26.9. The van der Waals surface area contributed by atoms with E-state index in [1.54, 1.807) is 50.6 Å². The highest BCUT2D eigenvalue weighted by molar-refractivity contribution is 6.14. The van der Waals surface area contributed by atoms with Crippen molar-refractivity contribution in [3.05, 3.63) is 47.2 Å². The van der Waals surface area contributed by atoms with E-state index in [2.05, 4.69) is 0 Å². The number of methoxy groups -OCH3 is 4. The molecule has 130 valence electrons. The van der Waals surface area contributed by atoms with Crippen LogP contribution in [0.1, 0.15) is 15.9 Å². The SMILES string of the molecule is COc1ccc2c(c1)O/C(=C\c1ccc(OC)c(OC)c1OC)C2=O. The van der Waals surface area contributed by atoms with Gasteiger partial charge in [-0.2, -0.15) is 0 Å². The van der Waals surface area contributed by atoms with Gasteiger partial charge >= 0.3 is 0 Å². The maximum Gasteiger partial charge on any atom is 0.231 e. The molecule has 0 saturated heterocycles. The molecule has 1 aliphatic rings. The zero-order valence-corrected chi connectivity index (χ0v) is 14.4. The molecule has 6 heteroatoms. The lowest BCUT2D eigenvalue weighted by molar-refractivity contribution is 0.101. The molecule has 25 heavy (non-hydrogen) atoms. The molecular formula is C19H18O6. The van der Waals surface area contributed by atoms with Gasteiger partial charge in [0, 0.05) is 11.6 Å². The number of Topliss-reactive ketones (excluding diaryl/α,β-unsaturated/α-hetero) is 1. The molecule has 0 radical (unpaired) electrons. The van der Waals surface area contributed by atoms with Crippen LogP contribution in [-0.2, 0) is 0 Å². The van der Waals surface area contributed by atoms with E-state index in [4.69, 9.17) is 23.7 Å². The standard InChI is InChI=1S/C19H18O6/c1-21-12-6-7-13-15(10-12)25-16(17(13)20)9-11-5-8-14(22-2)19(24-4)18(11)23-3/h5-10H,1-4H3/b16-9-. The molecule has 2 aromatic carbocycles. The van der Waals surface area contributed by atoms with Gasteiger partial charge in [-0.15, -0.1) is 0 Å². The smallest absolute Gasteiger partial charge is 0.231 e. The number of ketones is 1. The topological polar surface area (TPSA) is 63.2 Å². The molecule has 0 unspecified atom stereocenters. The lowest BCUT2D eigenvalue weighted by atomic mass is 10.1. The Labute approximate surface area is 145 Å². The average molecular weight is 342 g/mol. The number of fused-ring (bicyclic) bond motifs is 1. The van der Waals surface area contributed by atoms with Gasteiger partial charge in [0.05, 0.1) is 34.0 Å². The second-order valence-corrected chi connectivity index (χ2v) is 5.23. The molecule has 0 saturated carbocycles. The molecule has 3 rings (SSSR count). The van der Waals surface area contributed by atoms with Crippen LogP contribution in [0.4, 0.5) is 0 Å². The predicted octanol–water partition coefficient (Wildman–Crippen LogP) is 3.34. The van der Waals surface area contributed by atoms with Crippen molar-refractivity contribution in [3.8, 4) is 28.7 Å². The summed E-state index contributed by atoms with van der Waals surface area (Å²) in [5.74, 6) is 2.53. The van der Waals surface area contributed by atoms with Crippen molar-refractivity contribution in [1.29, 1.82) is 0 Å². The third kappa shape index (κ3) is 2.87. The van der Waals surface area contributed by atoms with E-state index in [1.165, 1.54) is 14.2 Å². The van der Waals surface area contributed by atoms with Crippen molar-refractivity contribution in [2.24, 2.45) is 0 Å². The fourth-order valence-electron chi connectivity index (χ4n) is 2.67. The summed E-state index contributed by atoms with van der Waals surface area (Å²) in [6.07, 6.45) is 1.62. The molecule has 1 aliphatic heterocycles. The van der Waals surface area contributed by atoms with Gasteiger partial charge in [0.25, 0.3) is 0 Å². The van der Waals surface area contributed by atoms with Crippen molar-refractivity contribution < 1.29 is 28.5 Å². The van der Waals surface area contributed by atoms with E-state index < -0.39 is 0 Å². The molecule has 1 heterocycles. The van der Waals surface area contributed by atoms with E-state index >= 15 is 0 Å². The summed E-state index contributed by atoms with van der Waals surface area (Å²) in [7, 11) is 6.15. The van der Waals surface area contributed by atoms with Crippen molar-refractivity contribution >= 4 is 11.9 Å². The molecule has 6 nitrogen and oxygen atoms in total. The first-order valence-electron chi connectivity index (χ1n) is 7.54. The first-order chi connectivity index (χ1) is 12.1. The maximum atomic E-state index is 12.5. The number of carbonyl (C=O) groups excluding carboxylic acids is 1. The third-order valence-corrected chi connectivity index (χ3v) is 3.90. The number of hydrogen-bond acceptors (Lipinski definition) is 6. The lowest BCUT2D eigenvalue weighted by Crippen LogP contribution is -2.00. The summed E-state index contributed by atoms with van der Waals surface area (Å²) in [4.78, 5) is 12.5. The third-order valence-electron chi connectivity index (χ3n) is 3.90. The molecular weight excluding hydrogens is 324 g/mol. The zero-order valence-electron chi connectivity index (χ0n) is 14.4. The van der Waals surface area contributed by atoms with Gasteiger partial charge in [-0.05, 0) is 30.3 Å². The Hall–Kier alpha value is -3.15. The van der Waals surface area contributed by atoms with E-state index in [0.29, 0.717) is 39.9 Å².